The molecule has 1 atom stereocenters. The van der Waals surface area contributed by atoms with Crippen molar-refractivity contribution in [2.75, 3.05) is 32.8 Å². The standard InChI is InChI=1S/C13H26N2O5/c1-13(2,3)8-10(11(18)19)9-14-12(20)15(4-6-16)5-7-17/h10,16-17H,4-9H2,1-3H3,(H,14,20)(H,18,19). The average molecular weight is 290 g/mol. The predicted molar refractivity (Wildman–Crippen MR) is 74.3 cm³/mol. The first-order chi connectivity index (χ1) is 9.21. The fourth-order valence-corrected chi connectivity index (χ4v) is 1.86. The highest BCUT2D eigenvalue weighted by atomic mass is 16.4. The molecule has 0 radical (unpaired) electrons. The fourth-order valence-electron chi connectivity index (χ4n) is 1.86. The first-order valence-corrected chi connectivity index (χ1v) is 6.68. The van der Waals surface area contributed by atoms with Gasteiger partial charge in [-0.05, 0) is 11.8 Å². The number of aliphatic carboxylic acids is 1. The Morgan fingerprint density at radius 2 is 1.65 bits per heavy atom. The molecule has 0 saturated heterocycles. The van der Waals surface area contributed by atoms with E-state index in [0.717, 1.165) is 0 Å². The maximum atomic E-state index is 11.8. The average Bonchev–Trinajstić information content (AvgIpc) is 2.32. The maximum absolute atomic E-state index is 11.8. The molecular weight excluding hydrogens is 264 g/mol. The SMILES string of the molecule is CC(C)(C)CC(CNC(=O)N(CCO)CCO)C(=O)O. The number of nitrogens with zero attached hydrogens (tertiary/aromatic N) is 1. The van der Waals surface area contributed by atoms with Gasteiger partial charge in [0.1, 0.15) is 0 Å². The van der Waals surface area contributed by atoms with Gasteiger partial charge in [-0.2, -0.15) is 0 Å². The summed E-state index contributed by atoms with van der Waals surface area (Å²) in [7, 11) is 0. The molecule has 2 amide bonds. The Morgan fingerprint density at radius 3 is 2.00 bits per heavy atom. The van der Waals surface area contributed by atoms with E-state index in [9.17, 15) is 9.59 Å². The molecule has 0 bridgehead atoms. The Kier molecular flexibility index (Phi) is 8.17. The van der Waals surface area contributed by atoms with Crippen molar-refractivity contribution in [2.24, 2.45) is 11.3 Å². The zero-order valence-corrected chi connectivity index (χ0v) is 12.4. The number of carboxylic acids is 1. The van der Waals surface area contributed by atoms with Gasteiger partial charge < -0.3 is 25.5 Å². The molecule has 1 unspecified atom stereocenters. The smallest absolute Gasteiger partial charge is 0.317 e. The molecule has 0 aliphatic rings. The highest BCUT2D eigenvalue weighted by molar-refractivity contribution is 5.76. The summed E-state index contributed by atoms with van der Waals surface area (Å²) < 4.78 is 0. The molecule has 0 aromatic rings. The number of urea groups is 1. The lowest BCUT2D eigenvalue weighted by atomic mass is 9.84. The van der Waals surface area contributed by atoms with Crippen molar-refractivity contribution in [3.8, 4) is 0 Å². The van der Waals surface area contributed by atoms with E-state index >= 15 is 0 Å². The van der Waals surface area contributed by atoms with E-state index in [-0.39, 0.29) is 38.3 Å². The molecule has 0 aromatic heterocycles. The second kappa shape index (κ2) is 8.76. The molecule has 7 heteroatoms. The second-order valence-corrected chi connectivity index (χ2v) is 5.92. The van der Waals surface area contributed by atoms with Crippen LogP contribution < -0.4 is 5.32 Å². The molecule has 7 nitrogen and oxygen atoms in total. The molecule has 0 saturated carbocycles. The molecule has 0 spiro atoms. The second-order valence-electron chi connectivity index (χ2n) is 5.92. The number of rotatable bonds is 8. The van der Waals surface area contributed by atoms with E-state index < -0.39 is 17.9 Å². The molecule has 0 fully saturated rings. The lowest BCUT2D eigenvalue weighted by Crippen LogP contribution is -2.45. The van der Waals surface area contributed by atoms with E-state index in [0.29, 0.717) is 6.42 Å². The monoisotopic (exact) mass is 290 g/mol. The zero-order valence-electron chi connectivity index (χ0n) is 12.4. The van der Waals surface area contributed by atoms with Gasteiger partial charge in [0.2, 0.25) is 0 Å². The van der Waals surface area contributed by atoms with E-state index in [1.807, 2.05) is 20.8 Å². The van der Waals surface area contributed by atoms with Crippen LogP contribution in [0.4, 0.5) is 4.79 Å². The topological polar surface area (TPSA) is 110 Å². The van der Waals surface area contributed by atoms with Gasteiger partial charge in [-0.3, -0.25) is 4.79 Å². The number of carbonyl (C=O) groups is 2. The molecule has 118 valence electrons. The van der Waals surface area contributed by atoms with Gasteiger partial charge in [0.15, 0.2) is 0 Å². The first kappa shape index (κ1) is 18.7. The van der Waals surface area contributed by atoms with Gasteiger partial charge in [0.05, 0.1) is 19.1 Å². The van der Waals surface area contributed by atoms with Crippen molar-refractivity contribution in [3.05, 3.63) is 0 Å². The van der Waals surface area contributed by atoms with Crippen LogP contribution in [0, 0.1) is 11.3 Å². The molecule has 4 N–H and O–H groups in total. The van der Waals surface area contributed by atoms with Crippen molar-refractivity contribution in [2.45, 2.75) is 27.2 Å². The molecule has 0 aromatic carbocycles. The summed E-state index contributed by atoms with van der Waals surface area (Å²) in [6, 6.07) is -0.478. The summed E-state index contributed by atoms with van der Waals surface area (Å²) in [5.41, 5.74) is -0.149. The molecule has 0 aliphatic carbocycles. The van der Waals surface area contributed by atoms with E-state index in [4.69, 9.17) is 15.3 Å². The number of aliphatic hydroxyl groups excluding tert-OH is 2. The summed E-state index contributed by atoms with van der Waals surface area (Å²) in [4.78, 5) is 24.2. The van der Waals surface area contributed by atoms with E-state index in [1.54, 1.807) is 0 Å². The summed E-state index contributed by atoms with van der Waals surface area (Å²) in [6.45, 7) is 5.62. The molecule has 0 heterocycles. The number of nitrogens with one attached hydrogen (secondary N) is 1. The van der Waals surface area contributed by atoms with Crippen molar-refractivity contribution in [1.82, 2.24) is 10.2 Å². The van der Waals surface area contributed by atoms with E-state index in [2.05, 4.69) is 5.32 Å². The van der Waals surface area contributed by atoms with Crippen molar-refractivity contribution in [1.29, 1.82) is 0 Å². The quantitative estimate of drug-likeness (QED) is 0.507. The summed E-state index contributed by atoms with van der Waals surface area (Å²) in [5.74, 6) is -1.61. The van der Waals surface area contributed by atoms with Gasteiger partial charge in [0.25, 0.3) is 0 Å². The number of amides is 2. The van der Waals surface area contributed by atoms with Crippen LogP contribution in [0.5, 0.6) is 0 Å². The lowest BCUT2D eigenvalue weighted by molar-refractivity contribution is -0.142. The minimum atomic E-state index is -0.948. The molecule has 0 rings (SSSR count). The van der Waals surface area contributed by atoms with Crippen LogP contribution >= 0.6 is 0 Å². The van der Waals surface area contributed by atoms with Crippen LogP contribution in [0.1, 0.15) is 27.2 Å². The number of aliphatic hydroxyl groups is 2. The van der Waals surface area contributed by atoms with Gasteiger partial charge in [0, 0.05) is 19.6 Å². The Labute approximate surface area is 119 Å². The van der Waals surface area contributed by atoms with Crippen molar-refractivity contribution < 1.29 is 24.9 Å². The summed E-state index contributed by atoms with van der Waals surface area (Å²) >= 11 is 0. The Hall–Kier alpha value is -1.34. The Morgan fingerprint density at radius 1 is 1.15 bits per heavy atom. The van der Waals surface area contributed by atoms with Crippen LogP contribution in [-0.2, 0) is 4.79 Å². The number of hydrogen-bond acceptors (Lipinski definition) is 4. The summed E-state index contributed by atoms with van der Waals surface area (Å²) in [5, 5.41) is 29.4. The highest BCUT2D eigenvalue weighted by Crippen LogP contribution is 2.24. The third-order valence-corrected chi connectivity index (χ3v) is 2.73. The van der Waals surface area contributed by atoms with Gasteiger partial charge >= 0.3 is 12.0 Å². The van der Waals surface area contributed by atoms with Crippen molar-refractivity contribution >= 4 is 12.0 Å². The van der Waals surface area contributed by atoms with Gasteiger partial charge in [-0.25, -0.2) is 4.79 Å². The summed E-state index contributed by atoms with van der Waals surface area (Å²) in [6.07, 6.45) is 0.447. The van der Waals surface area contributed by atoms with Gasteiger partial charge in [-0.1, -0.05) is 20.8 Å². The van der Waals surface area contributed by atoms with Crippen molar-refractivity contribution in [3.63, 3.8) is 0 Å². The first-order valence-electron chi connectivity index (χ1n) is 6.68. The highest BCUT2D eigenvalue weighted by Gasteiger charge is 2.25. The Balaban J connectivity index is 4.45. The Bertz CT molecular complexity index is 308. The predicted octanol–water partition coefficient (Wildman–Crippen LogP) is 0.120. The van der Waals surface area contributed by atoms with Gasteiger partial charge in [-0.15, -0.1) is 0 Å². The minimum absolute atomic E-state index is 0.0266. The maximum Gasteiger partial charge on any atom is 0.317 e. The molecule has 20 heavy (non-hydrogen) atoms. The lowest BCUT2D eigenvalue weighted by Gasteiger charge is -2.25. The third kappa shape index (κ3) is 7.96. The molecular formula is C13H26N2O5. The van der Waals surface area contributed by atoms with Crippen LogP contribution in [0.2, 0.25) is 0 Å². The van der Waals surface area contributed by atoms with E-state index in [1.165, 1.54) is 4.90 Å². The normalized spacial score (nSPS) is 12.8. The van der Waals surface area contributed by atoms with Crippen LogP contribution in [0.15, 0.2) is 0 Å². The number of carbonyl (C=O) groups excluding carboxylic acids is 1. The third-order valence-electron chi connectivity index (χ3n) is 2.73. The van der Waals surface area contributed by atoms with Crippen LogP contribution in [0.25, 0.3) is 0 Å². The number of hydrogen-bond donors (Lipinski definition) is 4. The zero-order chi connectivity index (χ0) is 15.8. The largest absolute Gasteiger partial charge is 0.481 e. The minimum Gasteiger partial charge on any atom is -0.481 e. The number of carboxylic acid groups (broad SMARTS) is 1. The van der Waals surface area contributed by atoms with Crippen LogP contribution in [0.3, 0.4) is 0 Å². The molecule has 0 aliphatic heterocycles. The van der Waals surface area contributed by atoms with Crippen LogP contribution in [-0.4, -0.2) is 65.1 Å². The fraction of sp³-hybridized carbons (Fsp3) is 0.846.